The van der Waals surface area contributed by atoms with Crippen LogP contribution in [0.5, 0.6) is 0 Å². The summed E-state index contributed by atoms with van der Waals surface area (Å²) < 4.78 is 24.0. The highest BCUT2D eigenvalue weighted by molar-refractivity contribution is 7.91. The van der Waals surface area contributed by atoms with Gasteiger partial charge in [-0.2, -0.15) is 0 Å². The fourth-order valence-electron chi connectivity index (χ4n) is 1.04. The fourth-order valence-corrected chi connectivity index (χ4v) is 1.98. The van der Waals surface area contributed by atoms with E-state index in [9.17, 15) is 8.42 Å². The summed E-state index contributed by atoms with van der Waals surface area (Å²) in [5.41, 5.74) is 0.791. The summed E-state index contributed by atoms with van der Waals surface area (Å²) in [6, 6.07) is 0. The molecule has 0 unspecified atom stereocenters. The van der Waals surface area contributed by atoms with Crippen LogP contribution in [0.15, 0.2) is 6.20 Å². The first-order valence-electron chi connectivity index (χ1n) is 4.73. The molecule has 0 bridgehead atoms. The van der Waals surface area contributed by atoms with Crippen molar-refractivity contribution in [3.63, 3.8) is 0 Å². The molecule has 0 spiro atoms. The lowest BCUT2D eigenvalue weighted by atomic mass is 10.4. The number of sulfone groups is 1. The smallest absolute Gasteiger partial charge is 0.151 e. The summed E-state index contributed by atoms with van der Waals surface area (Å²) in [7, 11) is -2.94. The molecule has 0 aromatic carbocycles. The summed E-state index contributed by atoms with van der Waals surface area (Å²) in [4.78, 5) is 0. The Hall–Kier alpha value is -0.620. The lowest BCUT2D eigenvalue weighted by Crippen LogP contribution is -2.14. The zero-order chi connectivity index (χ0) is 11.3. The molecule has 0 aliphatic rings. The minimum absolute atomic E-state index is 0.104. The van der Waals surface area contributed by atoms with Crippen molar-refractivity contribution in [1.82, 2.24) is 15.0 Å². The first kappa shape index (κ1) is 12.4. The van der Waals surface area contributed by atoms with Gasteiger partial charge in [0.15, 0.2) is 9.84 Å². The van der Waals surface area contributed by atoms with E-state index < -0.39 is 9.84 Å². The van der Waals surface area contributed by atoms with Crippen LogP contribution in [-0.4, -0.2) is 40.8 Å². The molecule has 1 heterocycles. The summed E-state index contributed by atoms with van der Waals surface area (Å²) in [6.45, 7) is 1.99. The van der Waals surface area contributed by atoms with E-state index in [1.54, 1.807) is 13.1 Å². The van der Waals surface area contributed by atoms with Gasteiger partial charge in [-0.3, -0.25) is 4.68 Å². The van der Waals surface area contributed by atoms with Gasteiger partial charge >= 0.3 is 0 Å². The number of rotatable bonds is 6. The summed E-state index contributed by atoms with van der Waals surface area (Å²) in [5.74, 6) is 0.759. The average Bonchev–Trinajstić information content (AvgIpc) is 2.64. The van der Waals surface area contributed by atoms with Crippen LogP contribution < -0.4 is 0 Å². The van der Waals surface area contributed by atoms with Gasteiger partial charge in [0.1, 0.15) is 0 Å². The molecule has 0 aliphatic heterocycles. The number of hydrogen-bond acceptors (Lipinski definition) is 4. The molecule has 0 atom stereocenters. The van der Waals surface area contributed by atoms with Crippen LogP contribution in [0.25, 0.3) is 0 Å². The third-order valence-electron chi connectivity index (χ3n) is 2.01. The fraction of sp³-hybridized carbons (Fsp3) is 0.750. The predicted molar refractivity (Wildman–Crippen MR) is 58.8 cm³/mol. The van der Waals surface area contributed by atoms with Gasteiger partial charge in [-0.05, 0) is 0 Å². The SMILES string of the molecule is CCS(=O)(=O)CCn1cc(CCCl)nn1. The number of nitrogens with zero attached hydrogens (tertiary/aromatic N) is 3. The molecule has 5 nitrogen and oxygen atoms in total. The van der Waals surface area contributed by atoms with Gasteiger partial charge in [0.05, 0.1) is 18.0 Å². The van der Waals surface area contributed by atoms with Crippen LogP contribution in [0.3, 0.4) is 0 Å². The number of halogens is 1. The lowest BCUT2D eigenvalue weighted by molar-refractivity contribution is 0.576. The first-order valence-corrected chi connectivity index (χ1v) is 7.08. The van der Waals surface area contributed by atoms with Gasteiger partial charge in [-0.25, -0.2) is 8.42 Å². The van der Waals surface area contributed by atoms with Gasteiger partial charge in [0, 0.05) is 24.3 Å². The van der Waals surface area contributed by atoms with Gasteiger partial charge in [-0.15, -0.1) is 16.7 Å². The van der Waals surface area contributed by atoms with Crippen molar-refractivity contribution in [2.45, 2.75) is 19.9 Å². The normalized spacial score (nSPS) is 11.9. The number of aryl methyl sites for hydroxylation is 2. The maximum absolute atomic E-state index is 11.2. The Morgan fingerprint density at radius 1 is 1.53 bits per heavy atom. The zero-order valence-electron chi connectivity index (χ0n) is 8.56. The molecular weight excluding hydrogens is 238 g/mol. The Morgan fingerprint density at radius 3 is 2.87 bits per heavy atom. The van der Waals surface area contributed by atoms with Crippen LogP contribution in [0.1, 0.15) is 12.6 Å². The Balaban J connectivity index is 2.51. The van der Waals surface area contributed by atoms with E-state index in [2.05, 4.69) is 10.3 Å². The van der Waals surface area contributed by atoms with E-state index in [0.29, 0.717) is 18.8 Å². The van der Waals surface area contributed by atoms with Gasteiger partial charge in [-0.1, -0.05) is 12.1 Å². The topological polar surface area (TPSA) is 64.8 Å². The highest BCUT2D eigenvalue weighted by Gasteiger charge is 2.08. The van der Waals surface area contributed by atoms with E-state index in [4.69, 9.17) is 11.6 Å². The van der Waals surface area contributed by atoms with Crippen molar-refractivity contribution in [1.29, 1.82) is 0 Å². The Bertz CT molecular complexity index is 402. The van der Waals surface area contributed by atoms with Crippen LogP contribution in [0.4, 0.5) is 0 Å². The molecule has 0 aliphatic carbocycles. The molecule has 1 aromatic rings. The molecule has 15 heavy (non-hydrogen) atoms. The molecule has 0 fully saturated rings. The van der Waals surface area contributed by atoms with Gasteiger partial charge in [0.25, 0.3) is 0 Å². The molecular formula is C8H14ClN3O2S. The van der Waals surface area contributed by atoms with Crippen molar-refractivity contribution in [3.8, 4) is 0 Å². The largest absolute Gasteiger partial charge is 0.251 e. The summed E-state index contributed by atoms with van der Waals surface area (Å²) in [5, 5.41) is 7.68. The summed E-state index contributed by atoms with van der Waals surface area (Å²) in [6.07, 6.45) is 2.38. The zero-order valence-corrected chi connectivity index (χ0v) is 10.1. The highest BCUT2D eigenvalue weighted by atomic mass is 35.5. The molecule has 0 saturated carbocycles. The number of alkyl halides is 1. The maximum atomic E-state index is 11.2. The molecule has 1 rings (SSSR count). The van der Waals surface area contributed by atoms with Crippen molar-refractivity contribution in [3.05, 3.63) is 11.9 Å². The van der Waals surface area contributed by atoms with Crippen LogP contribution in [0, 0.1) is 0 Å². The summed E-state index contributed by atoms with van der Waals surface area (Å²) >= 11 is 5.54. The number of aromatic nitrogens is 3. The van der Waals surface area contributed by atoms with E-state index in [1.165, 1.54) is 4.68 Å². The highest BCUT2D eigenvalue weighted by Crippen LogP contribution is 1.98. The standard InChI is InChI=1S/C8H14ClN3O2S/c1-2-15(13,14)6-5-12-7-8(3-4-9)10-11-12/h7H,2-6H2,1H3. The molecule has 0 saturated heterocycles. The first-order chi connectivity index (χ1) is 7.07. The minimum atomic E-state index is -2.94. The van der Waals surface area contributed by atoms with E-state index >= 15 is 0 Å². The van der Waals surface area contributed by atoms with Gasteiger partial charge < -0.3 is 0 Å². The van der Waals surface area contributed by atoms with E-state index in [-0.39, 0.29) is 11.5 Å². The third kappa shape index (κ3) is 4.17. The number of hydrogen-bond donors (Lipinski definition) is 0. The predicted octanol–water partition coefficient (Wildman–Crippen LogP) is 0.494. The molecule has 86 valence electrons. The monoisotopic (exact) mass is 251 g/mol. The second-order valence-corrected chi connectivity index (χ2v) is 6.00. The molecule has 0 amide bonds. The lowest BCUT2D eigenvalue weighted by Gasteiger charge is -2.00. The van der Waals surface area contributed by atoms with E-state index in [1.807, 2.05) is 0 Å². The Morgan fingerprint density at radius 2 is 2.27 bits per heavy atom. The second kappa shape index (κ2) is 5.46. The van der Waals surface area contributed by atoms with Crippen molar-refractivity contribution in [2.75, 3.05) is 17.4 Å². The Labute approximate surface area is 94.3 Å². The van der Waals surface area contributed by atoms with Crippen molar-refractivity contribution >= 4 is 21.4 Å². The molecule has 0 radical (unpaired) electrons. The Kier molecular flexibility index (Phi) is 4.53. The van der Waals surface area contributed by atoms with Crippen molar-refractivity contribution < 1.29 is 8.42 Å². The van der Waals surface area contributed by atoms with Gasteiger partial charge in [0.2, 0.25) is 0 Å². The van der Waals surface area contributed by atoms with E-state index in [0.717, 1.165) is 5.69 Å². The quantitative estimate of drug-likeness (QED) is 0.691. The minimum Gasteiger partial charge on any atom is -0.251 e. The van der Waals surface area contributed by atoms with Crippen LogP contribution in [-0.2, 0) is 22.8 Å². The molecule has 7 heteroatoms. The van der Waals surface area contributed by atoms with Crippen molar-refractivity contribution in [2.24, 2.45) is 0 Å². The van der Waals surface area contributed by atoms with Crippen LogP contribution >= 0.6 is 11.6 Å². The third-order valence-corrected chi connectivity index (χ3v) is 3.88. The average molecular weight is 252 g/mol. The molecule has 0 N–H and O–H groups in total. The molecule has 1 aromatic heterocycles. The maximum Gasteiger partial charge on any atom is 0.151 e. The second-order valence-electron chi connectivity index (χ2n) is 3.15. The van der Waals surface area contributed by atoms with Crippen LogP contribution in [0.2, 0.25) is 0 Å².